The molecule has 1 saturated carbocycles. The number of ether oxygens (including phenoxy) is 7. The average Bonchev–Trinajstić information content (AvgIpc) is 3.40. The summed E-state index contributed by atoms with van der Waals surface area (Å²) in [5.41, 5.74) is 1.93. The first kappa shape index (κ1) is 61.1. The number of carbonyl (C=O) groups excluding carboxylic acids is 5. The Morgan fingerprint density at radius 2 is 1.49 bits per heavy atom. The normalized spacial score (nSPS) is 36.4. The summed E-state index contributed by atoms with van der Waals surface area (Å²) in [7, 11) is 7.58. The third-order valence-electron chi connectivity index (χ3n) is 16.4. The molecule has 3 N–H and O–H groups in total. The molecule has 0 spiro atoms. The molecule has 418 valence electrons. The summed E-state index contributed by atoms with van der Waals surface area (Å²) in [4.78, 5) is 73.2. The van der Waals surface area contributed by atoms with Crippen LogP contribution < -0.4 is 14.2 Å². The number of piperidine rings is 1. The Morgan fingerprint density at radius 1 is 0.800 bits per heavy atom. The molecule has 3 heterocycles. The van der Waals surface area contributed by atoms with Gasteiger partial charge in [0, 0.05) is 68.6 Å². The van der Waals surface area contributed by atoms with Crippen molar-refractivity contribution in [2.45, 2.75) is 180 Å². The maximum atomic E-state index is 14.6. The van der Waals surface area contributed by atoms with Crippen LogP contribution in [0.2, 0.25) is 0 Å². The Kier molecular flexibility index (Phi) is 22.9. The predicted molar refractivity (Wildman–Crippen MR) is 283 cm³/mol. The third-order valence-corrected chi connectivity index (χ3v) is 16.4. The maximum absolute atomic E-state index is 14.6. The first-order chi connectivity index (χ1) is 35.6. The number of allylic oxidation sites excluding steroid dienone is 7. The summed E-state index contributed by atoms with van der Waals surface area (Å²) in [6.45, 7) is 12.7. The van der Waals surface area contributed by atoms with Crippen molar-refractivity contribution in [1.29, 1.82) is 0 Å². The minimum atomic E-state index is -2.52. The Morgan fingerprint density at radius 3 is 2.13 bits per heavy atom. The first-order valence-electron chi connectivity index (χ1n) is 27.1. The quantitative estimate of drug-likeness (QED) is 0.122. The Bertz CT molecular complexity index is 2230. The lowest BCUT2D eigenvalue weighted by Crippen LogP contribution is -2.60. The SMILES string of the molecule is COc1cc(OC)c(C2C[C@@H]3CC[C@@H](C)[C@@](O)(O3)C(=O)C(=O)N3CCCC[C@H]3C(=O)O[C@H]([C@H](C)C[C@@H]3CC[C@@H](O)[C@H](OC)C3)CC(=O)[C@H](C)/C=C(\C)[C@@H](O)[C@@H](OC)C(=O)[C@H](C)C[C@H](C)/C=C/C=C/C=C/2C)c(OC)c1. The van der Waals surface area contributed by atoms with Crippen molar-refractivity contribution in [2.75, 3.05) is 42.1 Å². The lowest BCUT2D eigenvalue weighted by atomic mass is 9.78. The molecule has 1 aromatic rings. The van der Waals surface area contributed by atoms with E-state index < -0.39 is 83.7 Å². The average molecular weight is 1050 g/mol. The van der Waals surface area contributed by atoms with Crippen LogP contribution in [0.25, 0.3) is 0 Å². The number of aliphatic hydroxyl groups is 3. The highest BCUT2D eigenvalue weighted by Gasteiger charge is 2.53. The zero-order chi connectivity index (χ0) is 55.3. The highest BCUT2D eigenvalue weighted by molar-refractivity contribution is 6.39. The summed E-state index contributed by atoms with van der Waals surface area (Å²) >= 11 is 0. The number of aliphatic hydroxyl groups excluding tert-OH is 2. The van der Waals surface area contributed by atoms with Gasteiger partial charge in [-0.25, -0.2) is 4.79 Å². The number of ketones is 3. The fourth-order valence-corrected chi connectivity index (χ4v) is 11.6. The van der Waals surface area contributed by atoms with E-state index in [-0.39, 0.29) is 61.2 Å². The van der Waals surface area contributed by atoms with Crippen molar-refractivity contribution in [3.63, 3.8) is 0 Å². The smallest absolute Gasteiger partial charge is 0.329 e. The molecule has 16 nitrogen and oxygen atoms in total. The maximum Gasteiger partial charge on any atom is 0.329 e. The zero-order valence-electron chi connectivity index (χ0n) is 46.6. The van der Waals surface area contributed by atoms with Crippen LogP contribution in [0.4, 0.5) is 0 Å². The molecule has 4 aliphatic rings. The summed E-state index contributed by atoms with van der Waals surface area (Å²) in [6, 6.07) is 2.33. The number of fused-ring (bicyclic) bond motifs is 3. The lowest BCUT2D eigenvalue weighted by molar-refractivity contribution is -0.264. The summed E-state index contributed by atoms with van der Waals surface area (Å²) in [6.07, 6.45) is 11.0. The van der Waals surface area contributed by atoms with Crippen LogP contribution in [0.1, 0.15) is 137 Å². The van der Waals surface area contributed by atoms with Crippen molar-refractivity contribution in [2.24, 2.45) is 35.5 Å². The third kappa shape index (κ3) is 15.3. The van der Waals surface area contributed by atoms with Crippen molar-refractivity contribution in [3.05, 3.63) is 65.3 Å². The Hall–Kier alpha value is -4.71. The van der Waals surface area contributed by atoms with Crippen molar-refractivity contribution in [3.8, 4) is 17.2 Å². The molecular formula is C59H87NO15. The Labute approximate surface area is 445 Å². The molecule has 1 aliphatic carbocycles. The van der Waals surface area contributed by atoms with Gasteiger partial charge in [-0.05, 0) is 108 Å². The number of hydrogen-bond acceptors (Lipinski definition) is 15. The van der Waals surface area contributed by atoms with Crippen molar-refractivity contribution in [1.82, 2.24) is 4.90 Å². The van der Waals surface area contributed by atoms with Gasteiger partial charge >= 0.3 is 5.97 Å². The van der Waals surface area contributed by atoms with Crippen LogP contribution in [0, 0.1) is 35.5 Å². The van der Waals surface area contributed by atoms with E-state index in [1.165, 1.54) is 12.0 Å². The van der Waals surface area contributed by atoms with Gasteiger partial charge in [0.2, 0.25) is 5.79 Å². The number of amides is 1. The number of cyclic esters (lactones) is 1. The van der Waals surface area contributed by atoms with Crippen LogP contribution in [0.5, 0.6) is 17.2 Å². The fraction of sp³-hybridized carbons (Fsp3) is 0.678. The van der Waals surface area contributed by atoms with E-state index in [1.807, 2.05) is 58.1 Å². The summed E-state index contributed by atoms with van der Waals surface area (Å²) in [5.74, 6) is -7.38. The van der Waals surface area contributed by atoms with Crippen molar-refractivity contribution >= 4 is 29.2 Å². The van der Waals surface area contributed by atoms with Gasteiger partial charge in [0.15, 0.2) is 5.78 Å². The molecule has 1 unspecified atom stereocenters. The molecule has 3 aliphatic heterocycles. The molecule has 2 bridgehead atoms. The molecule has 3 fully saturated rings. The Balaban J connectivity index is 1.56. The van der Waals surface area contributed by atoms with Gasteiger partial charge < -0.3 is 53.4 Å². The minimum Gasteiger partial charge on any atom is -0.496 e. The molecule has 2 saturated heterocycles. The second kappa shape index (κ2) is 28.1. The van der Waals surface area contributed by atoms with E-state index in [0.29, 0.717) is 86.2 Å². The second-order valence-electron chi connectivity index (χ2n) is 21.9. The molecule has 15 atom stereocenters. The van der Waals surface area contributed by atoms with Gasteiger partial charge in [-0.1, -0.05) is 76.6 Å². The number of hydrogen-bond donors (Lipinski definition) is 3. The largest absolute Gasteiger partial charge is 0.496 e. The van der Waals surface area contributed by atoms with E-state index in [0.717, 1.165) is 5.57 Å². The van der Waals surface area contributed by atoms with Gasteiger partial charge in [0.25, 0.3) is 11.7 Å². The topological polar surface area (TPSA) is 214 Å². The standard InChI is InChI=1S/C59H87NO15/c1-34-18-14-13-15-19-35(2)44(52-50(71-10)31-43(69-8)32-51(52)72-11)30-42-23-21-40(7)59(68,75-42)56(65)57(66)60-25-17-16-20-45(60)58(67)74-48(37(4)28-41-22-24-46(61)49(29-41)70-9)33-47(62)36(3)27-39(6)54(64)55(73-12)53(63)38(5)26-34/h13-15,18-19,27,31-32,34,36-38,40-42,44-46,48-49,54-55,61,64,68H,16-17,20-26,28-30,33H2,1-12H3/b15-13+,18-14+,35-19+,39-27+/t34-,36-,37-,38-,40-,41+,42+,44?,45+,46-,48+,49-,54-,55+,59-/m1/s1. The monoisotopic (exact) mass is 1050 g/mol. The van der Waals surface area contributed by atoms with Crippen LogP contribution in [-0.2, 0) is 42.9 Å². The number of esters is 1. The van der Waals surface area contributed by atoms with Gasteiger partial charge in [0.05, 0.1) is 39.6 Å². The van der Waals surface area contributed by atoms with E-state index in [2.05, 4.69) is 0 Å². The number of benzene rings is 1. The zero-order valence-corrected chi connectivity index (χ0v) is 46.6. The van der Waals surface area contributed by atoms with Crippen LogP contribution in [0.15, 0.2) is 59.7 Å². The molecule has 16 heteroatoms. The van der Waals surface area contributed by atoms with Crippen molar-refractivity contribution < 1.29 is 72.5 Å². The number of rotatable bonds is 9. The molecule has 1 aromatic carbocycles. The number of carbonyl (C=O) groups is 5. The molecule has 0 aromatic heterocycles. The van der Waals surface area contributed by atoms with Gasteiger partial charge in [-0.15, -0.1) is 0 Å². The van der Waals surface area contributed by atoms with E-state index in [1.54, 1.807) is 67.4 Å². The predicted octanol–water partition coefficient (Wildman–Crippen LogP) is 7.98. The van der Waals surface area contributed by atoms with Gasteiger partial charge in [-0.3, -0.25) is 19.2 Å². The molecule has 0 radical (unpaired) electrons. The highest BCUT2D eigenvalue weighted by Crippen LogP contribution is 2.47. The second-order valence-corrected chi connectivity index (χ2v) is 21.9. The van der Waals surface area contributed by atoms with E-state index in [4.69, 9.17) is 33.2 Å². The van der Waals surface area contributed by atoms with Crippen LogP contribution in [-0.4, -0.2) is 140 Å². The first-order valence-corrected chi connectivity index (χ1v) is 27.1. The van der Waals surface area contributed by atoms with Crippen LogP contribution in [0.3, 0.4) is 0 Å². The van der Waals surface area contributed by atoms with Gasteiger partial charge in [0.1, 0.15) is 47.4 Å². The summed E-state index contributed by atoms with van der Waals surface area (Å²) < 4.78 is 41.4. The molecule has 1 amide bonds. The number of nitrogens with zero attached hydrogens (tertiary/aromatic N) is 1. The molecule has 5 rings (SSSR count). The minimum absolute atomic E-state index is 0.0327. The molecular weight excluding hydrogens is 963 g/mol. The summed E-state index contributed by atoms with van der Waals surface area (Å²) in [5, 5.41) is 34.5. The lowest BCUT2D eigenvalue weighted by Gasteiger charge is -2.43. The fourth-order valence-electron chi connectivity index (χ4n) is 11.6. The number of Topliss-reactive ketones (excluding diaryl/α,β-unsaturated/α-hetero) is 3. The van der Waals surface area contributed by atoms with Gasteiger partial charge in [-0.2, -0.15) is 0 Å². The highest BCUT2D eigenvalue weighted by atomic mass is 16.6. The molecule has 75 heavy (non-hydrogen) atoms. The van der Waals surface area contributed by atoms with Crippen LogP contribution >= 0.6 is 0 Å². The number of methoxy groups -OCH3 is 5. The van der Waals surface area contributed by atoms with E-state index >= 15 is 0 Å². The van der Waals surface area contributed by atoms with E-state index in [9.17, 15) is 39.3 Å².